The van der Waals surface area contributed by atoms with E-state index in [1.54, 1.807) is 37.3 Å². The minimum atomic E-state index is -0.0285. The minimum Gasteiger partial charge on any atom is -0.497 e. The summed E-state index contributed by atoms with van der Waals surface area (Å²) < 4.78 is 11.6. The molecule has 2 aromatic carbocycles. The first-order chi connectivity index (χ1) is 14.1. The maximum atomic E-state index is 12.3. The molecule has 3 aromatic rings. The summed E-state index contributed by atoms with van der Waals surface area (Å²) in [6.07, 6.45) is 0.279. The molecule has 5 nitrogen and oxygen atoms in total. The zero-order chi connectivity index (χ0) is 20.6. The summed E-state index contributed by atoms with van der Waals surface area (Å²) in [5.74, 6) is 2.26. The summed E-state index contributed by atoms with van der Waals surface area (Å²) in [6.45, 7) is 1.98. The number of ether oxygens (including phenoxy) is 2. The van der Waals surface area contributed by atoms with Gasteiger partial charge in [-0.25, -0.2) is 4.98 Å². The van der Waals surface area contributed by atoms with Gasteiger partial charge in [0.25, 0.3) is 0 Å². The van der Waals surface area contributed by atoms with Gasteiger partial charge in [0.15, 0.2) is 0 Å². The highest BCUT2D eigenvalue weighted by molar-refractivity contribution is 8.00. The van der Waals surface area contributed by atoms with E-state index >= 15 is 0 Å². The van der Waals surface area contributed by atoms with Crippen LogP contribution in [0.4, 0.5) is 0 Å². The molecular weight excluding hydrogens is 404 g/mol. The van der Waals surface area contributed by atoms with E-state index in [4.69, 9.17) is 9.47 Å². The van der Waals surface area contributed by atoms with Gasteiger partial charge in [0.2, 0.25) is 5.91 Å². The third-order valence-electron chi connectivity index (χ3n) is 4.32. The summed E-state index contributed by atoms with van der Waals surface area (Å²) in [6, 6.07) is 15.7. The highest BCUT2D eigenvalue weighted by Gasteiger charge is 2.12. The molecule has 152 valence electrons. The standard InChI is InChI=1S/C22H24N2O3S2/c1-15(17-7-5-4-6-8-17)23-21(25)11-18-14-29-22(24-18)28-13-16-9-19(26-2)12-20(10-16)27-3/h4-10,12,14-15H,11,13H2,1-3H3,(H,23,25). The SMILES string of the molecule is COc1cc(CSc2nc(CC(=O)NC(C)c3ccccc3)cs2)cc(OC)c1. The Bertz CT molecular complexity index is 922. The Hall–Kier alpha value is -2.51. The molecule has 1 amide bonds. The highest BCUT2D eigenvalue weighted by atomic mass is 32.2. The molecule has 1 aromatic heterocycles. The Morgan fingerprint density at radius 2 is 1.83 bits per heavy atom. The van der Waals surface area contributed by atoms with Gasteiger partial charge in [-0.1, -0.05) is 42.1 Å². The Morgan fingerprint density at radius 3 is 2.48 bits per heavy atom. The molecule has 1 heterocycles. The number of amides is 1. The van der Waals surface area contributed by atoms with Crippen LogP contribution in [0.15, 0.2) is 58.3 Å². The number of methoxy groups -OCH3 is 2. The van der Waals surface area contributed by atoms with E-state index in [0.29, 0.717) is 0 Å². The fraction of sp³-hybridized carbons (Fsp3) is 0.273. The monoisotopic (exact) mass is 428 g/mol. The molecule has 0 aliphatic rings. The average Bonchev–Trinajstić information content (AvgIpc) is 3.19. The zero-order valence-electron chi connectivity index (χ0n) is 16.7. The molecule has 1 unspecified atom stereocenters. The van der Waals surface area contributed by atoms with Crippen molar-refractivity contribution in [3.05, 3.63) is 70.7 Å². The number of benzene rings is 2. The number of carbonyl (C=O) groups excluding carboxylic acids is 1. The highest BCUT2D eigenvalue weighted by Crippen LogP contribution is 2.30. The first kappa shape index (κ1) is 21.2. The van der Waals surface area contributed by atoms with Crippen LogP contribution in [-0.2, 0) is 17.0 Å². The first-order valence-corrected chi connectivity index (χ1v) is 11.1. The zero-order valence-corrected chi connectivity index (χ0v) is 18.3. The lowest BCUT2D eigenvalue weighted by Crippen LogP contribution is -2.28. The van der Waals surface area contributed by atoms with Crippen LogP contribution >= 0.6 is 23.1 Å². The molecule has 7 heteroatoms. The van der Waals surface area contributed by atoms with Crippen LogP contribution in [0.25, 0.3) is 0 Å². The van der Waals surface area contributed by atoms with E-state index in [1.165, 1.54) is 0 Å². The molecular formula is C22H24N2O3S2. The Labute approximate surface area is 179 Å². The van der Waals surface area contributed by atoms with Crippen molar-refractivity contribution >= 4 is 29.0 Å². The second-order valence-electron chi connectivity index (χ2n) is 6.49. The molecule has 3 rings (SSSR count). The Balaban J connectivity index is 1.53. The van der Waals surface area contributed by atoms with Crippen LogP contribution in [-0.4, -0.2) is 25.1 Å². The van der Waals surface area contributed by atoms with Crippen LogP contribution in [0.5, 0.6) is 11.5 Å². The van der Waals surface area contributed by atoms with E-state index in [0.717, 1.165) is 38.4 Å². The lowest BCUT2D eigenvalue weighted by atomic mass is 10.1. The second kappa shape index (κ2) is 10.3. The molecule has 29 heavy (non-hydrogen) atoms. The van der Waals surface area contributed by atoms with Gasteiger partial charge in [0, 0.05) is 17.2 Å². The van der Waals surface area contributed by atoms with Crippen LogP contribution in [0, 0.1) is 0 Å². The van der Waals surface area contributed by atoms with E-state index < -0.39 is 0 Å². The number of thioether (sulfide) groups is 1. The molecule has 0 radical (unpaired) electrons. The van der Waals surface area contributed by atoms with Crippen molar-refractivity contribution in [3.63, 3.8) is 0 Å². The van der Waals surface area contributed by atoms with Crippen LogP contribution < -0.4 is 14.8 Å². The number of hydrogen-bond acceptors (Lipinski definition) is 6. The number of thiazole rings is 1. The normalized spacial score (nSPS) is 11.7. The van der Waals surface area contributed by atoms with Crippen LogP contribution in [0.3, 0.4) is 0 Å². The van der Waals surface area contributed by atoms with E-state index in [2.05, 4.69) is 10.3 Å². The van der Waals surface area contributed by atoms with Gasteiger partial charge in [0.05, 0.1) is 32.4 Å². The van der Waals surface area contributed by atoms with Gasteiger partial charge in [-0.2, -0.15) is 0 Å². The summed E-state index contributed by atoms with van der Waals surface area (Å²) in [4.78, 5) is 16.9. The number of carbonyl (C=O) groups is 1. The lowest BCUT2D eigenvalue weighted by molar-refractivity contribution is -0.121. The number of nitrogens with zero attached hydrogens (tertiary/aromatic N) is 1. The molecule has 0 spiro atoms. The van der Waals surface area contributed by atoms with Crippen molar-refractivity contribution in [2.45, 2.75) is 29.5 Å². The van der Waals surface area contributed by atoms with Crippen LogP contribution in [0.2, 0.25) is 0 Å². The maximum absolute atomic E-state index is 12.3. The quantitative estimate of drug-likeness (QED) is 0.493. The van der Waals surface area contributed by atoms with Crippen molar-refractivity contribution in [2.75, 3.05) is 14.2 Å². The van der Waals surface area contributed by atoms with Gasteiger partial charge in [0.1, 0.15) is 15.8 Å². The van der Waals surface area contributed by atoms with E-state index in [1.807, 2.05) is 60.8 Å². The van der Waals surface area contributed by atoms with Gasteiger partial charge >= 0.3 is 0 Å². The van der Waals surface area contributed by atoms with Crippen LogP contribution in [0.1, 0.15) is 29.8 Å². The minimum absolute atomic E-state index is 0.0271. The van der Waals surface area contributed by atoms with Crippen molar-refractivity contribution in [2.24, 2.45) is 0 Å². The summed E-state index contributed by atoms with van der Waals surface area (Å²) in [7, 11) is 3.28. The lowest BCUT2D eigenvalue weighted by Gasteiger charge is -2.13. The molecule has 1 N–H and O–H groups in total. The molecule has 1 atom stereocenters. The van der Waals surface area contributed by atoms with Gasteiger partial charge in [-0.3, -0.25) is 4.79 Å². The van der Waals surface area contributed by atoms with E-state index in [-0.39, 0.29) is 18.4 Å². The molecule has 0 bridgehead atoms. The number of aromatic nitrogens is 1. The van der Waals surface area contributed by atoms with Crippen molar-refractivity contribution in [1.29, 1.82) is 0 Å². The predicted molar refractivity (Wildman–Crippen MR) is 118 cm³/mol. The molecule has 0 fully saturated rings. The molecule has 0 saturated heterocycles. The third-order valence-corrected chi connectivity index (χ3v) is 6.46. The maximum Gasteiger partial charge on any atom is 0.226 e. The molecule has 0 aliphatic carbocycles. The first-order valence-electron chi connectivity index (χ1n) is 9.21. The van der Waals surface area contributed by atoms with Crippen molar-refractivity contribution in [1.82, 2.24) is 10.3 Å². The fourth-order valence-corrected chi connectivity index (χ4v) is 4.59. The largest absolute Gasteiger partial charge is 0.497 e. The molecule has 0 aliphatic heterocycles. The second-order valence-corrected chi connectivity index (χ2v) is 8.57. The summed E-state index contributed by atoms with van der Waals surface area (Å²) in [5.41, 5.74) is 2.97. The smallest absolute Gasteiger partial charge is 0.226 e. The molecule has 0 saturated carbocycles. The third kappa shape index (κ3) is 6.24. The number of nitrogens with one attached hydrogen (secondary N) is 1. The number of hydrogen-bond donors (Lipinski definition) is 1. The van der Waals surface area contributed by atoms with Gasteiger partial charge in [-0.05, 0) is 30.2 Å². The summed E-state index contributed by atoms with van der Waals surface area (Å²) in [5, 5.41) is 4.97. The van der Waals surface area contributed by atoms with Crippen molar-refractivity contribution in [3.8, 4) is 11.5 Å². The predicted octanol–water partition coefficient (Wildman–Crippen LogP) is 4.87. The Kier molecular flexibility index (Phi) is 7.55. The fourth-order valence-electron chi connectivity index (χ4n) is 2.81. The van der Waals surface area contributed by atoms with E-state index in [9.17, 15) is 4.79 Å². The Morgan fingerprint density at radius 1 is 1.14 bits per heavy atom. The topological polar surface area (TPSA) is 60.5 Å². The summed E-state index contributed by atoms with van der Waals surface area (Å²) >= 11 is 3.19. The van der Waals surface area contributed by atoms with Gasteiger partial charge < -0.3 is 14.8 Å². The number of rotatable bonds is 9. The average molecular weight is 429 g/mol. The van der Waals surface area contributed by atoms with Crippen molar-refractivity contribution < 1.29 is 14.3 Å². The van der Waals surface area contributed by atoms with Gasteiger partial charge in [-0.15, -0.1) is 11.3 Å².